The number of anilines is 3. The molecule has 3 N–H and O–H groups in total. The molecule has 0 saturated carbocycles. The molecule has 6 heteroatoms. The number of halogens is 1. The molecule has 0 radical (unpaired) electrons. The van der Waals surface area contributed by atoms with Gasteiger partial charge in [0, 0.05) is 11.8 Å². The van der Waals surface area contributed by atoms with Crippen molar-refractivity contribution in [1.82, 2.24) is 0 Å². The summed E-state index contributed by atoms with van der Waals surface area (Å²) in [6, 6.07) is 11.4. The highest BCUT2D eigenvalue weighted by Crippen LogP contribution is 2.34. The minimum Gasteiger partial charge on any atom is -0.487 e. The molecule has 0 aromatic heterocycles. The quantitative estimate of drug-likeness (QED) is 0.855. The molecular weight excluding hydrogens is 297 g/mol. The van der Waals surface area contributed by atoms with Crippen LogP contribution in [0.2, 0.25) is 0 Å². The Morgan fingerprint density at radius 2 is 2.17 bits per heavy atom. The topological polar surface area (TPSA) is 67.6 Å². The Kier molecular flexibility index (Phi) is 4.06. The second-order valence-electron chi connectivity index (χ2n) is 5.56. The summed E-state index contributed by atoms with van der Waals surface area (Å²) in [5, 5.41) is 2.59. The van der Waals surface area contributed by atoms with Crippen molar-refractivity contribution in [2.75, 3.05) is 29.0 Å². The third kappa shape index (κ3) is 3.36. The molecule has 2 aromatic rings. The van der Waals surface area contributed by atoms with Gasteiger partial charge in [0.2, 0.25) is 5.91 Å². The van der Waals surface area contributed by atoms with E-state index in [0.29, 0.717) is 18.0 Å². The fraction of sp³-hybridized carbons (Fsp3) is 0.235. The number of carbonyl (C=O) groups excluding carboxylic acids is 1. The van der Waals surface area contributed by atoms with Crippen LogP contribution in [0.1, 0.15) is 6.92 Å². The van der Waals surface area contributed by atoms with Gasteiger partial charge in [-0.05, 0) is 31.2 Å². The van der Waals surface area contributed by atoms with Crippen LogP contribution in [0.3, 0.4) is 0 Å². The molecule has 0 aliphatic carbocycles. The van der Waals surface area contributed by atoms with Crippen LogP contribution in [-0.4, -0.2) is 25.1 Å². The number of hydrogen-bond donors (Lipinski definition) is 2. The molecule has 0 bridgehead atoms. The number of nitrogens with two attached hydrogens (primary N) is 1. The van der Waals surface area contributed by atoms with Gasteiger partial charge >= 0.3 is 0 Å². The third-order valence-electron chi connectivity index (χ3n) is 3.61. The SMILES string of the molecule is CC1CN(CC(=O)Nc2ccccc2F)c2ccc(N)cc2O1. The van der Waals surface area contributed by atoms with Crippen molar-refractivity contribution in [3.63, 3.8) is 0 Å². The molecule has 3 rings (SSSR count). The van der Waals surface area contributed by atoms with Crippen LogP contribution in [0.5, 0.6) is 5.75 Å². The van der Waals surface area contributed by atoms with Gasteiger partial charge in [0.1, 0.15) is 17.7 Å². The van der Waals surface area contributed by atoms with Gasteiger partial charge in [-0.3, -0.25) is 4.79 Å². The zero-order valence-electron chi connectivity index (χ0n) is 12.8. The van der Waals surface area contributed by atoms with Crippen LogP contribution in [0, 0.1) is 5.82 Å². The van der Waals surface area contributed by atoms with E-state index in [2.05, 4.69) is 5.32 Å². The van der Waals surface area contributed by atoms with E-state index in [1.165, 1.54) is 12.1 Å². The van der Waals surface area contributed by atoms with E-state index in [4.69, 9.17) is 10.5 Å². The van der Waals surface area contributed by atoms with Gasteiger partial charge in [-0.2, -0.15) is 0 Å². The standard InChI is InChI=1S/C17H18FN3O2/c1-11-9-21(15-7-6-12(19)8-16(15)23-11)10-17(22)20-14-5-3-2-4-13(14)18/h2-8,11H,9-10,19H2,1H3,(H,20,22). The molecule has 1 amide bonds. The number of rotatable bonds is 3. The van der Waals surface area contributed by atoms with Crippen LogP contribution in [-0.2, 0) is 4.79 Å². The molecule has 1 aliphatic rings. The molecule has 5 nitrogen and oxygen atoms in total. The summed E-state index contributed by atoms with van der Waals surface area (Å²) in [6.07, 6.45) is -0.0643. The Labute approximate surface area is 133 Å². The molecule has 2 aromatic carbocycles. The number of hydrogen-bond acceptors (Lipinski definition) is 4. The van der Waals surface area contributed by atoms with Crippen LogP contribution < -0.4 is 20.7 Å². The van der Waals surface area contributed by atoms with E-state index in [1.54, 1.807) is 24.3 Å². The average molecular weight is 315 g/mol. The Morgan fingerprint density at radius 3 is 2.96 bits per heavy atom. The van der Waals surface area contributed by atoms with Gasteiger partial charge in [-0.25, -0.2) is 4.39 Å². The first-order chi connectivity index (χ1) is 11.0. The number of benzene rings is 2. The predicted octanol–water partition coefficient (Wildman–Crippen LogP) is 2.63. The highest BCUT2D eigenvalue weighted by Gasteiger charge is 2.24. The lowest BCUT2D eigenvalue weighted by molar-refractivity contribution is -0.115. The summed E-state index contributed by atoms with van der Waals surface area (Å²) in [6.45, 7) is 2.61. The number of carbonyl (C=O) groups is 1. The van der Waals surface area contributed by atoms with E-state index in [0.717, 1.165) is 5.69 Å². The van der Waals surface area contributed by atoms with Crippen LogP contribution >= 0.6 is 0 Å². The predicted molar refractivity (Wildman–Crippen MR) is 88.2 cm³/mol. The van der Waals surface area contributed by atoms with Gasteiger partial charge < -0.3 is 20.7 Å². The van der Waals surface area contributed by atoms with E-state index in [9.17, 15) is 9.18 Å². The average Bonchev–Trinajstić information content (AvgIpc) is 2.49. The number of nitrogens with zero attached hydrogens (tertiary/aromatic N) is 1. The zero-order valence-corrected chi connectivity index (χ0v) is 12.8. The summed E-state index contributed by atoms with van der Waals surface area (Å²) in [5.74, 6) is -0.0845. The summed E-state index contributed by atoms with van der Waals surface area (Å²) < 4.78 is 19.4. The Morgan fingerprint density at radius 1 is 1.39 bits per heavy atom. The second kappa shape index (κ2) is 6.16. The molecule has 23 heavy (non-hydrogen) atoms. The molecule has 1 atom stereocenters. The molecular formula is C17H18FN3O2. The fourth-order valence-corrected chi connectivity index (χ4v) is 2.62. The fourth-order valence-electron chi connectivity index (χ4n) is 2.62. The number of ether oxygens (including phenoxy) is 1. The number of para-hydroxylation sites is 1. The highest BCUT2D eigenvalue weighted by molar-refractivity contribution is 5.94. The lowest BCUT2D eigenvalue weighted by atomic mass is 10.2. The Bertz CT molecular complexity index is 736. The summed E-state index contributed by atoms with van der Waals surface area (Å²) in [4.78, 5) is 14.1. The van der Waals surface area contributed by atoms with Crippen LogP contribution in [0.15, 0.2) is 42.5 Å². The van der Waals surface area contributed by atoms with Crippen molar-refractivity contribution < 1.29 is 13.9 Å². The second-order valence-corrected chi connectivity index (χ2v) is 5.56. The first kappa shape index (κ1) is 15.1. The molecule has 1 heterocycles. The monoisotopic (exact) mass is 315 g/mol. The van der Waals surface area contributed by atoms with Gasteiger partial charge in [0.25, 0.3) is 0 Å². The van der Waals surface area contributed by atoms with Crippen molar-refractivity contribution in [1.29, 1.82) is 0 Å². The van der Waals surface area contributed by atoms with Crippen molar-refractivity contribution in [3.8, 4) is 5.75 Å². The Hall–Kier alpha value is -2.76. The molecule has 1 aliphatic heterocycles. The highest BCUT2D eigenvalue weighted by atomic mass is 19.1. The lowest BCUT2D eigenvalue weighted by Gasteiger charge is -2.34. The zero-order chi connectivity index (χ0) is 16.4. The van der Waals surface area contributed by atoms with Crippen LogP contribution in [0.25, 0.3) is 0 Å². The van der Waals surface area contributed by atoms with Gasteiger partial charge in [-0.1, -0.05) is 12.1 Å². The normalized spacial score (nSPS) is 16.4. The Balaban J connectivity index is 1.75. The molecule has 0 spiro atoms. The van der Waals surface area contributed by atoms with E-state index >= 15 is 0 Å². The first-order valence-corrected chi connectivity index (χ1v) is 7.38. The van der Waals surface area contributed by atoms with Crippen molar-refractivity contribution in [3.05, 3.63) is 48.3 Å². The molecule has 1 unspecified atom stereocenters. The first-order valence-electron chi connectivity index (χ1n) is 7.38. The number of nitrogens with one attached hydrogen (secondary N) is 1. The maximum Gasteiger partial charge on any atom is 0.243 e. The summed E-state index contributed by atoms with van der Waals surface area (Å²) in [7, 11) is 0. The minimum absolute atomic E-state index is 0.0643. The summed E-state index contributed by atoms with van der Waals surface area (Å²) in [5.41, 5.74) is 7.36. The minimum atomic E-state index is -0.454. The van der Waals surface area contributed by atoms with E-state index < -0.39 is 5.82 Å². The van der Waals surface area contributed by atoms with E-state index in [-0.39, 0.29) is 24.2 Å². The van der Waals surface area contributed by atoms with E-state index in [1.807, 2.05) is 17.9 Å². The number of nitrogen functional groups attached to an aromatic ring is 1. The lowest BCUT2D eigenvalue weighted by Crippen LogP contribution is -2.42. The van der Waals surface area contributed by atoms with Crippen molar-refractivity contribution >= 4 is 23.0 Å². The molecule has 120 valence electrons. The maximum absolute atomic E-state index is 13.6. The van der Waals surface area contributed by atoms with Gasteiger partial charge in [-0.15, -0.1) is 0 Å². The maximum atomic E-state index is 13.6. The van der Waals surface area contributed by atoms with Crippen molar-refractivity contribution in [2.24, 2.45) is 0 Å². The van der Waals surface area contributed by atoms with Crippen LogP contribution in [0.4, 0.5) is 21.5 Å². The summed E-state index contributed by atoms with van der Waals surface area (Å²) >= 11 is 0. The molecule has 0 saturated heterocycles. The largest absolute Gasteiger partial charge is 0.487 e. The number of amides is 1. The van der Waals surface area contributed by atoms with Gasteiger partial charge in [0.05, 0.1) is 24.5 Å². The smallest absolute Gasteiger partial charge is 0.243 e. The third-order valence-corrected chi connectivity index (χ3v) is 3.61. The number of fused-ring (bicyclic) bond motifs is 1. The molecule has 0 fully saturated rings. The van der Waals surface area contributed by atoms with Gasteiger partial charge in [0.15, 0.2) is 0 Å². The van der Waals surface area contributed by atoms with Crippen molar-refractivity contribution in [2.45, 2.75) is 13.0 Å².